The van der Waals surface area contributed by atoms with Gasteiger partial charge in [0, 0.05) is 19.3 Å². The molecule has 0 aromatic carbocycles. The van der Waals surface area contributed by atoms with Gasteiger partial charge in [0.2, 0.25) is 0 Å². The van der Waals surface area contributed by atoms with Crippen LogP contribution in [0.25, 0.3) is 10.6 Å². The third kappa shape index (κ3) is 3.96. The van der Waals surface area contributed by atoms with E-state index in [2.05, 4.69) is 10.2 Å². The second-order valence-corrected chi connectivity index (χ2v) is 6.48. The number of carbonyl (C=O) groups is 1. The smallest absolute Gasteiger partial charge is 0.381 e. The van der Waals surface area contributed by atoms with Crippen molar-refractivity contribution in [3.63, 3.8) is 0 Å². The van der Waals surface area contributed by atoms with Gasteiger partial charge < -0.3 is 9.64 Å². The van der Waals surface area contributed by atoms with Crippen molar-refractivity contribution in [2.75, 3.05) is 19.8 Å². The predicted molar refractivity (Wildman–Crippen MR) is 82.8 cm³/mol. The lowest BCUT2D eigenvalue weighted by Gasteiger charge is -2.34. The Hall–Kier alpha value is -1.87. The average molecular weight is 359 g/mol. The summed E-state index contributed by atoms with van der Waals surface area (Å²) in [5, 5.41) is 8.50. The Labute approximate surface area is 140 Å². The molecule has 1 aliphatic rings. The maximum atomic E-state index is 12.9. The number of H-pyrrole nitrogens is 1. The first-order valence-corrected chi connectivity index (χ1v) is 8.37. The van der Waals surface area contributed by atoms with Gasteiger partial charge in [0.15, 0.2) is 5.69 Å². The Morgan fingerprint density at radius 3 is 2.79 bits per heavy atom. The monoisotopic (exact) mass is 359 g/mol. The number of carbonyl (C=O) groups excluding carboxylic acids is 1. The summed E-state index contributed by atoms with van der Waals surface area (Å²) in [4.78, 5) is 14.4. The van der Waals surface area contributed by atoms with Crippen molar-refractivity contribution in [2.45, 2.75) is 25.1 Å². The Morgan fingerprint density at radius 2 is 2.17 bits per heavy atom. The van der Waals surface area contributed by atoms with Gasteiger partial charge in [-0.2, -0.15) is 18.3 Å². The summed E-state index contributed by atoms with van der Waals surface area (Å²) in [6.45, 7) is -0.571. The molecule has 3 rings (SSSR count). The molecule has 0 spiro atoms. The summed E-state index contributed by atoms with van der Waals surface area (Å²) in [5.41, 5.74) is 0.612. The van der Waals surface area contributed by atoms with Crippen LogP contribution in [0.2, 0.25) is 0 Å². The zero-order valence-corrected chi connectivity index (χ0v) is 13.5. The summed E-state index contributed by atoms with van der Waals surface area (Å²) in [5.74, 6) is -0.710. The second-order valence-electron chi connectivity index (χ2n) is 5.54. The number of aromatic amines is 1. The third-order valence-electron chi connectivity index (χ3n) is 3.83. The van der Waals surface area contributed by atoms with Gasteiger partial charge in [0.25, 0.3) is 5.91 Å². The summed E-state index contributed by atoms with van der Waals surface area (Å²) in [6.07, 6.45) is -3.67. The van der Waals surface area contributed by atoms with Crippen molar-refractivity contribution >= 4 is 17.2 Å². The standard InChI is InChI=1S/C15H16F3N3O2S/c16-15(17,18)9-21(10-3-5-23-6-4-10)14(22)12-8-11(19-20-12)13-2-1-7-24-13/h1-2,7-8,10H,3-6,9H2,(H,19,20). The van der Waals surface area contributed by atoms with E-state index in [-0.39, 0.29) is 5.69 Å². The molecule has 5 nitrogen and oxygen atoms in total. The molecule has 130 valence electrons. The van der Waals surface area contributed by atoms with Crippen LogP contribution in [0, 0.1) is 0 Å². The van der Waals surface area contributed by atoms with Gasteiger partial charge in [-0.1, -0.05) is 6.07 Å². The maximum absolute atomic E-state index is 12.9. The molecule has 3 heterocycles. The van der Waals surface area contributed by atoms with Gasteiger partial charge in [-0.25, -0.2) is 0 Å². The molecule has 0 aliphatic carbocycles. The number of halogens is 3. The Morgan fingerprint density at radius 1 is 1.42 bits per heavy atom. The fourth-order valence-corrected chi connectivity index (χ4v) is 3.39. The first kappa shape index (κ1) is 17.0. The van der Waals surface area contributed by atoms with Crippen molar-refractivity contribution in [2.24, 2.45) is 0 Å². The average Bonchev–Trinajstić information content (AvgIpc) is 3.22. The molecule has 2 aromatic rings. The van der Waals surface area contributed by atoms with Crippen LogP contribution >= 0.6 is 11.3 Å². The van der Waals surface area contributed by atoms with E-state index in [4.69, 9.17) is 4.74 Å². The van der Waals surface area contributed by atoms with E-state index in [1.807, 2.05) is 17.5 Å². The Bertz CT molecular complexity index is 678. The van der Waals surface area contributed by atoms with Crippen molar-refractivity contribution in [3.05, 3.63) is 29.3 Å². The van der Waals surface area contributed by atoms with E-state index in [9.17, 15) is 18.0 Å². The highest BCUT2D eigenvalue weighted by molar-refractivity contribution is 7.13. The molecule has 0 bridgehead atoms. The molecule has 1 N–H and O–H groups in total. The summed E-state index contributed by atoms with van der Waals surface area (Å²) in [7, 11) is 0. The normalized spacial score (nSPS) is 16.3. The fourth-order valence-electron chi connectivity index (χ4n) is 2.69. The number of hydrogen-bond donors (Lipinski definition) is 1. The van der Waals surface area contributed by atoms with Crippen molar-refractivity contribution < 1.29 is 22.7 Å². The number of alkyl halides is 3. The number of nitrogens with one attached hydrogen (secondary N) is 1. The van der Waals surface area contributed by atoms with Gasteiger partial charge >= 0.3 is 6.18 Å². The van der Waals surface area contributed by atoms with Gasteiger partial charge in [-0.3, -0.25) is 9.89 Å². The van der Waals surface area contributed by atoms with E-state index < -0.39 is 24.7 Å². The van der Waals surface area contributed by atoms with Gasteiger partial charge in [-0.05, 0) is 30.4 Å². The molecule has 9 heteroatoms. The number of thiophene rings is 1. The SMILES string of the molecule is O=C(c1cc(-c2cccs2)[nH]n1)N(CC(F)(F)F)C1CCOCC1. The molecule has 1 fully saturated rings. The molecule has 1 aliphatic heterocycles. The fraction of sp³-hybridized carbons (Fsp3) is 0.467. The van der Waals surface area contributed by atoms with Crippen LogP contribution in [0.1, 0.15) is 23.3 Å². The third-order valence-corrected chi connectivity index (χ3v) is 4.73. The van der Waals surface area contributed by atoms with E-state index in [0.717, 1.165) is 9.78 Å². The Kier molecular flexibility index (Phi) is 4.91. The molecule has 0 atom stereocenters. The van der Waals surface area contributed by atoms with E-state index in [1.54, 1.807) is 0 Å². The van der Waals surface area contributed by atoms with Gasteiger partial charge in [0.05, 0.1) is 10.6 Å². The lowest BCUT2D eigenvalue weighted by Crippen LogP contribution is -2.48. The van der Waals surface area contributed by atoms with Crippen LogP contribution in [0.3, 0.4) is 0 Å². The minimum absolute atomic E-state index is 0.00542. The molecule has 1 amide bonds. The van der Waals surface area contributed by atoms with Gasteiger partial charge in [-0.15, -0.1) is 11.3 Å². The van der Waals surface area contributed by atoms with Crippen LogP contribution in [0.5, 0.6) is 0 Å². The molecule has 0 radical (unpaired) electrons. The highest BCUT2D eigenvalue weighted by Gasteiger charge is 2.38. The van der Waals surface area contributed by atoms with Crippen LogP contribution in [0.4, 0.5) is 13.2 Å². The second kappa shape index (κ2) is 6.94. The van der Waals surface area contributed by atoms with Crippen molar-refractivity contribution in [1.29, 1.82) is 0 Å². The zero-order valence-electron chi connectivity index (χ0n) is 12.7. The first-order chi connectivity index (χ1) is 11.4. The maximum Gasteiger partial charge on any atom is 0.406 e. The minimum atomic E-state index is -4.46. The van der Waals surface area contributed by atoms with Crippen molar-refractivity contribution in [3.8, 4) is 10.6 Å². The van der Waals surface area contributed by atoms with E-state index in [1.165, 1.54) is 17.4 Å². The number of hydrogen-bond acceptors (Lipinski definition) is 4. The summed E-state index contributed by atoms with van der Waals surface area (Å²) in [6, 6.07) is 4.70. The summed E-state index contributed by atoms with van der Waals surface area (Å²) >= 11 is 1.45. The Balaban J connectivity index is 1.82. The largest absolute Gasteiger partial charge is 0.406 e. The van der Waals surface area contributed by atoms with Crippen LogP contribution in [-0.2, 0) is 4.74 Å². The van der Waals surface area contributed by atoms with Crippen LogP contribution < -0.4 is 0 Å². The molecule has 24 heavy (non-hydrogen) atoms. The topological polar surface area (TPSA) is 58.2 Å². The minimum Gasteiger partial charge on any atom is -0.381 e. The molecular weight excluding hydrogens is 343 g/mol. The van der Waals surface area contributed by atoms with E-state index >= 15 is 0 Å². The highest BCUT2D eigenvalue weighted by Crippen LogP contribution is 2.26. The molecule has 2 aromatic heterocycles. The van der Waals surface area contributed by atoms with Crippen LogP contribution in [0.15, 0.2) is 23.6 Å². The lowest BCUT2D eigenvalue weighted by atomic mass is 10.1. The molecular formula is C15H16F3N3O2S. The lowest BCUT2D eigenvalue weighted by molar-refractivity contribution is -0.147. The highest BCUT2D eigenvalue weighted by atomic mass is 32.1. The number of amides is 1. The first-order valence-electron chi connectivity index (χ1n) is 7.49. The van der Waals surface area contributed by atoms with Gasteiger partial charge in [0.1, 0.15) is 6.54 Å². The number of aromatic nitrogens is 2. The quantitative estimate of drug-likeness (QED) is 0.911. The number of rotatable bonds is 4. The molecule has 1 saturated heterocycles. The van der Waals surface area contributed by atoms with Crippen LogP contribution in [-0.4, -0.2) is 53.0 Å². The zero-order chi connectivity index (χ0) is 17.2. The summed E-state index contributed by atoms with van der Waals surface area (Å²) < 4.78 is 43.9. The van der Waals surface area contributed by atoms with E-state index in [0.29, 0.717) is 31.7 Å². The predicted octanol–water partition coefficient (Wildman–Crippen LogP) is 3.32. The number of nitrogens with zero attached hydrogens (tertiary/aromatic N) is 2. The number of ether oxygens (including phenoxy) is 1. The molecule has 0 unspecified atom stereocenters. The van der Waals surface area contributed by atoms with Crippen molar-refractivity contribution in [1.82, 2.24) is 15.1 Å². The molecule has 0 saturated carbocycles.